The van der Waals surface area contributed by atoms with Gasteiger partial charge in [0.05, 0.1) is 11.4 Å². The van der Waals surface area contributed by atoms with Gasteiger partial charge in [0, 0.05) is 11.1 Å². The van der Waals surface area contributed by atoms with Crippen LogP contribution in [0.1, 0.15) is 63.8 Å². The van der Waals surface area contributed by atoms with E-state index in [-0.39, 0.29) is 28.5 Å². The number of aromatic hydroxyl groups is 1. The van der Waals surface area contributed by atoms with E-state index in [0.717, 1.165) is 44.8 Å². The summed E-state index contributed by atoms with van der Waals surface area (Å²) in [6.07, 6.45) is 1.78. The Kier molecular flexibility index (Phi) is 6.11. The van der Waals surface area contributed by atoms with Crippen molar-refractivity contribution in [1.82, 2.24) is 4.90 Å². The smallest absolute Gasteiger partial charge is 0.293 e. The van der Waals surface area contributed by atoms with Crippen molar-refractivity contribution in [3.8, 4) is 5.75 Å². The van der Waals surface area contributed by atoms with E-state index in [9.17, 15) is 14.7 Å². The Balaban J connectivity index is 1.71. The third-order valence-electron chi connectivity index (χ3n) is 6.13. The van der Waals surface area contributed by atoms with E-state index in [1.165, 1.54) is 4.90 Å². The maximum absolute atomic E-state index is 13.3. The molecule has 0 saturated carbocycles. The zero-order chi connectivity index (χ0) is 24.8. The van der Waals surface area contributed by atoms with Crippen LogP contribution in [-0.2, 0) is 22.2 Å². The van der Waals surface area contributed by atoms with Crippen molar-refractivity contribution in [2.45, 2.75) is 58.9 Å². The Morgan fingerprint density at radius 3 is 2.09 bits per heavy atom. The van der Waals surface area contributed by atoms with E-state index >= 15 is 0 Å². The second kappa shape index (κ2) is 8.62. The van der Waals surface area contributed by atoms with Crippen molar-refractivity contribution in [1.29, 1.82) is 0 Å². The number of hydrogen-bond donors (Lipinski definition) is 1. The van der Waals surface area contributed by atoms with Gasteiger partial charge in [0.1, 0.15) is 5.75 Å². The first kappa shape index (κ1) is 24.1. The van der Waals surface area contributed by atoms with Crippen molar-refractivity contribution in [2.75, 3.05) is 0 Å². The number of nitrogens with zero attached hydrogens (tertiary/aromatic N) is 1. The third-order valence-corrected chi connectivity index (χ3v) is 7.04. The number of hydrogen-bond acceptors (Lipinski definition) is 4. The summed E-state index contributed by atoms with van der Waals surface area (Å²) < 4.78 is 0. The molecule has 0 aliphatic carbocycles. The normalized spacial score (nSPS) is 16.2. The fourth-order valence-electron chi connectivity index (χ4n) is 4.27. The van der Waals surface area contributed by atoms with Crippen molar-refractivity contribution >= 4 is 39.8 Å². The molecule has 0 atom stereocenters. The highest BCUT2D eigenvalue weighted by Gasteiger charge is 2.35. The van der Waals surface area contributed by atoms with Gasteiger partial charge in [0.25, 0.3) is 11.1 Å². The van der Waals surface area contributed by atoms with E-state index in [0.29, 0.717) is 10.7 Å². The molecule has 3 aromatic carbocycles. The summed E-state index contributed by atoms with van der Waals surface area (Å²) in [5.41, 5.74) is 2.84. The molecular weight excluding hydrogens is 442 g/mol. The summed E-state index contributed by atoms with van der Waals surface area (Å²) in [5.74, 6) is 0.00633. The molecule has 1 aliphatic rings. The number of thioether (sulfide) groups is 1. The van der Waals surface area contributed by atoms with Gasteiger partial charge in [-0.1, -0.05) is 84.0 Å². The summed E-state index contributed by atoms with van der Waals surface area (Å²) in [4.78, 5) is 27.8. The van der Waals surface area contributed by atoms with Gasteiger partial charge in [0.2, 0.25) is 0 Å². The number of phenols is 1. The third kappa shape index (κ3) is 4.62. The number of carbonyl (C=O) groups is 2. The zero-order valence-corrected chi connectivity index (χ0v) is 21.4. The Bertz CT molecular complexity index is 1280. The predicted molar refractivity (Wildman–Crippen MR) is 141 cm³/mol. The number of phenolic OH excluding ortho intramolecular Hbond substituents is 1. The van der Waals surface area contributed by atoms with Gasteiger partial charge < -0.3 is 5.11 Å². The minimum Gasteiger partial charge on any atom is -0.507 e. The molecule has 0 spiro atoms. The molecule has 2 amide bonds. The first-order valence-electron chi connectivity index (χ1n) is 11.5. The molecule has 4 nitrogen and oxygen atoms in total. The van der Waals surface area contributed by atoms with E-state index in [1.807, 2.05) is 54.6 Å². The maximum Gasteiger partial charge on any atom is 0.293 e. The molecule has 5 heteroatoms. The number of rotatable bonds is 3. The molecule has 0 bridgehead atoms. The maximum atomic E-state index is 13.3. The second-order valence-corrected chi connectivity index (χ2v) is 11.9. The fourth-order valence-corrected chi connectivity index (χ4v) is 5.11. The van der Waals surface area contributed by atoms with E-state index in [2.05, 4.69) is 41.5 Å². The highest BCUT2D eigenvalue weighted by molar-refractivity contribution is 8.18. The van der Waals surface area contributed by atoms with Crippen molar-refractivity contribution < 1.29 is 14.7 Å². The van der Waals surface area contributed by atoms with Crippen LogP contribution in [0.5, 0.6) is 5.75 Å². The molecule has 0 unspecified atom stereocenters. The largest absolute Gasteiger partial charge is 0.507 e. The molecule has 0 radical (unpaired) electrons. The van der Waals surface area contributed by atoms with Gasteiger partial charge in [0.15, 0.2) is 0 Å². The number of amides is 2. The molecule has 4 rings (SSSR count). The van der Waals surface area contributed by atoms with E-state index < -0.39 is 0 Å². The predicted octanol–water partition coefficient (Wildman–Crippen LogP) is 7.38. The van der Waals surface area contributed by atoms with Gasteiger partial charge in [-0.15, -0.1) is 0 Å². The Morgan fingerprint density at radius 1 is 0.882 bits per heavy atom. The van der Waals surface area contributed by atoms with Crippen LogP contribution in [0.25, 0.3) is 16.8 Å². The lowest BCUT2D eigenvalue weighted by molar-refractivity contribution is -0.123. The monoisotopic (exact) mass is 473 g/mol. The van der Waals surface area contributed by atoms with Crippen LogP contribution in [0.2, 0.25) is 0 Å². The standard InChI is InChI=1S/C29H31NO3S/c1-28(2,3)22-14-18(15-23(25(22)31)29(4,5)6)16-24-26(32)30(27(33)34-24)17-20-12-9-11-19-10-7-8-13-21(19)20/h7-16,31H,17H2,1-6H3/b24-16+. The lowest BCUT2D eigenvalue weighted by Gasteiger charge is -2.28. The van der Waals surface area contributed by atoms with Crippen LogP contribution in [0.4, 0.5) is 4.79 Å². The average Bonchev–Trinajstić information content (AvgIpc) is 3.01. The molecular formula is C29H31NO3S. The van der Waals surface area contributed by atoms with Crippen LogP contribution in [-0.4, -0.2) is 21.2 Å². The van der Waals surface area contributed by atoms with Crippen LogP contribution in [0, 0.1) is 0 Å². The molecule has 176 valence electrons. The van der Waals surface area contributed by atoms with Crippen LogP contribution in [0.15, 0.2) is 59.5 Å². The average molecular weight is 474 g/mol. The van der Waals surface area contributed by atoms with Crippen molar-refractivity contribution in [3.63, 3.8) is 0 Å². The molecule has 1 saturated heterocycles. The number of benzene rings is 3. The van der Waals surface area contributed by atoms with E-state index in [4.69, 9.17) is 0 Å². The van der Waals surface area contributed by atoms with Gasteiger partial charge in [-0.05, 0) is 62.7 Å². The van der Waals surface area contributed by atoms with Gasteiger partial charge in [-0.25, -0.2) is 0 Å². The second-order valence-electron chi connectivity index (χ2n) is 10.9. The topological polar surface area (TPSA) is 57.6 Å². The van der Waals surface area contributed by atoms with Gasteiger partial charge in [-0.2, -0.15) is 0 Å². The summed E-state index contributed by atoms with van der Waals surface area (Å²) >= 11 is 0.968. The molecule has 1 fully saturated rings. The number of imide groups is 1. The lowest BCUT2D eigenvalue weighted by Crippen LogP contribution is -2.27. The SMILES string of the molecule is CC(C)(C)c1cc(/C=C2/SC(=O)N(Cc3cccc4ccccc34)C2=O)cc(C(C)(C)C)c1O. The van der Waals surface area contributed by atoms with Crippen molar-refractivity contribution in [2.24, 2.45) is 0 Å². The number of fused-ring (bicyclic) bond motifs is 1. The highest BCUT2D eigenvalue weighted by atomic mass is 32.2. The minimum atomic E-state index is -0.286. The minimum absolute atomic E-state index is 0.236. The van der Waals surface area contributed by atoms with Crippen LogP contribution >= 0.6 is 11.8 Å². The molecule has 1 N–H and O–H groups in total. The summed E-state index contributed by atoms with van der Waals surface area (Å²) in [5, 5.41) is 12.8. The molecule has 34 heavy (non-hydrogen) atoms. The zero-order valence-electron chi connectivity index (χ0n) is 20.6. The first-order valence-corrected chi connectivity index (χ1v) is 12.3. The van der Waals surface area contributed by atoms with Gasteiger partial charge in [-0.3, -0.25) is 14.5 Å². The summed E-state index contributed by atoms with van der Waals surface area (Å²) in [6.45, 7) is 12.5. The van der Waals surface area contributed by atoms with Crippen LogP contribution < -0.4 is 0 Å². The number of carbonyl (C=O) groups excluding carboxylic acids is 2. The first-order chi connectivity index (χ1) is 15.9. The van der Waals surface area contributed by atoms with Crippen molar-refractivity contribution in [3.05, 3.63) is 81.8 Å². The summed E-state index contributed by atoms with van der Waals surface area (Å²) in [6, 6.07) is 17.7. The quantitative estimate of drug-likeness (QED) is 0.403. The molecule has 1 aliphatic heterocycles. The highest BCUT2D eigenvalue weighted by Crippen LogP contribution is 2.41. The lowest BCUT2D eigenvalue weighted by atomic mass is 9.78. The van der Waals surface area contributed by atoms with Crippen LogP contribution in [0.3, 0.4) is 0 Å². The Labute approximate surface area is 205 Å². The Hall–Kier alpha value is -3.05. The Morgan fingerprint density at radius 2 is 1.47 bits per heavy atom. The van der Waals surface area contributed by atoms with Gasteiger partial charge >= 0.3 is 0 Å². The molecule has 1 heterocycles. The van der Waals surface area contributed by atoms with E-state index in [1.54, 1.807) is 6.08 Å². The molecule has 3 aromatic rings. The fraction of sp³-hybridized carbons (Fsp3) is 0.310. The summed E-state index contributed by atoms with van der Waals surface area (Å²) in [7, 11) is 0. The molecule has 0 aromatic heterocycles.